The topological polar surface area (TPSA) is 105 Å². The van der Waals surface area contributed by atoms with E-state index in [9.17, 15) is 19.0 Å². The Balaban J connectivity index is 4.36. The molecule has 0 radical (unpaired) electrons. The van der Waals surface area contributed by atoms with Crippen molar-refractivity contribution in [3.8, 4) is 0 Å². The lowest BCUT2D eigenvalue weighted by molar-refractivity contribution is -0.870. The van der Waals surface area contributed by atoms with Crippen LogP contribution < -0.4 is 10.6 Å². The van der Waals surface area contributed by atoms with Gasteiger partial charge < -0.3 is 24.5 Å². The number of rotatable bonds is 38. The summed E-state index contributed by atoms with van der Waals surface area (Å²) in [4.78, 5) is 35.8. The summed E-state index contributed by atoms with van der Waals surface area (Å²) in [6, 6.07) is -0.543. The van der Waals surface area contributed by atoms with E-state index in [0.717, 1.165) is 45.1 Å². The van der Waals surface area contributed by atoms with Gasteiger partial charge in [0.2, 0.25) is 11.8 Å². The van der Waals surface area contributed by atoms with Crippen LogP contribution in [0.5, 0.6) is 0 Å². The minimum Gasteiger partial charge on any atom is -0.354 e. The maximum Gasteiger partial charge on any atom is 0.328 e. The summed E-state index contributed by atoms with van der Waals surface area (Å²) in [5.41, 5.74) is 0. The molecule has 9 heteroatoms. The van der Waals surface area contributed by atoms with E-state index < -0.39 is 13.6 Å². The van der Waals surface area contributed by atoms with Gasteiger partial charge in [-0.25, -0.2) is 0 Å². The van der Waals surface area contributed by atoms with Gasteiger partial charge in [-0.1, -0.05) is 168 Å². The average Bonchev–Trinajstić information content (AvgIpc) is 3.06. The number of carbonyl (C=O) groups excluding carboxylic acids is 2. The molecule has 2 atom stereocenters. The van der Waals surface area contributed by atoms with Crippen molar-refractivity contribution in [3.63, 3.8) is 0 Å². The van der Waals surface area contributed by atoms with E-state index in [4.69, 9.17) is 4.52 Å². The maximum absolute atomic E-state index is 12.8. The lowest BCUT2D eigenvalue weighted by atomic mass is 10.0. The van der Waals surface area contributed by atoms with Crippen LogP contribution in [0.15, 0.2) is 0 Å². The fourth-order valence-corrected chi connectivity index (χ4v) is 7.48. The molecule has 2 amide bonds. The second kappa shape index (κ2) is 33.9. The quantitative estimate of drug-likeness (QED) is 0.0333. The maximum atomic E-state index is 12.8. The molecular weight excluding hydrogens is 645 g/mol. The molecule has 2 unspecified atom stereocenters. The van der Waals surface area contributed by atoms with Crippen molar-refractivity contribution in [1.82, 2.24) is 10.6 Å². The van der Waals surface area contributed by atoms with Crippen LogP contribution >= 0.6 is 7.60 Å². The molecule has 50 heavy (non-hydrogen) atoms. The SMILES string of the molecule is CCCCCCCCCCCCCCCC(=O)NCC(COP(=O)(O)CCC[N+](C)(C)C)NC(=O)CCCCCCCCCCCCCCC. The van der Waals surface area contributed by atoms with Gasteiger partial charge >= 0.3 is 7.60 Å². The Hall–Kier alpha value is -0.950. The van der Waals surface area contributed by atoms with Crippen LogP contribution in [-0.4, -0.2) is 74.2 Å². The van der Waals surface area contributed by atoms with E-state index in [1.54, 1.807) is 0 Å². The first-order valence-electron chi connectivity index (χ1n) is 21.3. The fourth-order valence-electron chi connectivity index (χ4n) is 6.40. The highest BCUT2D eigenvalue weighted by atomic mass is 31.2. The van der Waals surface area contributed by atoms with Crippen LogP contribution in [0.4, 0.5) is 0 Å². The number of unbranched alkanes of at least 4 members (excludes halogenated alkanes) is 24. The number of amides is 2. The first-order valence-corrected chi connectivity index (χ1v) is 23.1. The molecule has 298 valence electrons. The molecule has 0 aromatic rings. The van der Waals surface area contributed by atoms with Crippen molar-refractivity contribution >= 4 is 19.4 Å². The van der Waals surface area contributed by atoms with E-state index in [1.807, 2.05) is 21.1 Å². The number of nitrogens with one attached hydrogen (secondary N) is 2. The third-order valence-electron chi connectivity index (χ3n) is 9.67. The van der Waals surface area contributed by atoms with E-state index in [1.165, 1.54) is 128 Å². The number of carbonyl (C=O) groups is 2. The average molecular weight is 731 g/mol. The molecule has 0 aromatic heterocycles. The lowest BCUT2D eigenvalue weighted by Gasteiger charge is -2.25. The molecule has 0 saturated carbocycles. The predicted molar refractivity (Wildman–Crippen MR) is 214 cm³/mol. The second-order valence-corrected chi connectivity index (χ2v) is 18.1. The van der Waals surface area contributed by atoms with Gasteiger partial charge in [0.1, 0.15) is 0 Å². The summed E-state index contributed by atoms with van der Waals surface area (Å²) in [7, 11) is 2.35. The van der Waals surface area contributed by atoms with Gasteiger partial charge in [0.05, 0.1) is 46.5 Å². The molecule has 0 aliphatic heterocycles. The fraction of sp³-hybridized carbons (Fsp3) is 0.951. The van der Waals surface area contributed by atoms with Gasteiger partial charge in [0.25, 0.3) is 0 Å². The van der Waals surface area contributed by atoms with Crippen molar-refractivity contribution in [1.29, 1.82) is 0 Å². The van der Waals surface area contributed by atoms with E-state index in [-0.39, 0.29) is 31.1 Å². The van der Waals surface area contributed by atoms with Gasteiger partial charge in [-0.15, -0.1) is 0 Å². The van der Waals surface area contributed by atoms with Crippen molar-refractivity contribution in [2.75, 3.05) is 47.0 Å². The van der Waals surface area contributed by atoms with Gasteiger partial charge in [-0.2, -0.15) is 0 Å². The summed E-state index contributed by atoms with van der Waals surface area (Å²) in [6.45, 7) is 5.39. The first-order chi connectivity index (χ1) is 24.0. The largest absolute Gasteiger partial charge is 0.354 e. The molecule has 0 spiro atoms. The molecule has 0 fully saturated rings. The van der Waals surface area contributed by atoms with Gasteiger partial charge in [0.15, 0.2) is 0 Å². The number of quaternary nitrogens is 1. The normalized spacial score (nSPS) is 13.6. The highest BCUT2D eigenvalue weighted by Crippen LogP contribution is 2.42. The van der Waals surface area contributed by atoms with Crippen molar-refractivity contribution in [2.45, 2.75) is 206 Å². The van der Waals surface area contributed by atoms with Crippen molar-refractivity contribution in [2.24, 2.45) is 0 Å². The van der Waals surface area contributed by atoms with Crippen molar-refractivity contribution < 1.29 is 28.1 Å². The summed E-state index contributed by atoms with van der Waals surface area (Å²) in [5.74, 6) is -0.135. The van der Waals surface area contributed by atoms with Crippen LogP contribution in [0.2, 0.25) is 0 Å². The predicted octanol–water partition coefficient (Wildman–Crippen LogP) is 10.8. The highest BCUT2D eigenvalue weighted by molar-refractivity contribution is 7.52. The van der Waals surface area contributed by atoms with Crippen LogP contribution in [-0.2, 0) is 18.7 Å². The third kappa shape index (κ3) is 36.8. The molecule has 0 bridgehead atoms. The second-order valence-electron chi connectivity index (χ2n) is 16.1. The summed E-state index contributed by atoms with van der Waals surface area (Å²) < 4.78 is 18.9. The van der Waals surface area contributed by atoms with Crippen LogP contribution in [0.1, 0.15) is 200 Å². The number of nitrogens with zero attached hydrogens (tertiary/aromatic N) is 1. The zero-order valence-corrected chi connectivity index (χ0v) is 34.8. The summed E-state index contributed by atoms with van der Waals surface area (Å²) in [6.07, 6.45) is 34.3. The monoisotopic (exact) mass is 731 g/mol. The zero-order valence-electron chi connectivity index (χ0n) is 33.9. The standard InChI is InChI=1S/C41H84N3O5P/c1-6-8-10-12-14-16-18-20-22-24-26-28-30-33-40(45)42-37-39(38-49-50(47,48)36-32-35-44(3,4)5)43-41(46)34-31-29-27-25-23-21-19-17-15-13-11-9-7-2/h39H,6-38H2,1-5H3,(H2-,42,43,45,46,47,48)/p+1. The number of hydrogen-bond acceptors (Lipinski definition) is 4. The Morgan fingerprint density at radius 1 is 0.580 bits per heavy atom. The molecule has 0 aliphatic carbocycles. The Morgan fingerprint density at radius 3 is 1.32 bits per heavy atom. The van der Waals surface area contributed by atoms with E-state index in [0.29, 0.717) is 23.7 Å². The molecule has 0 saturated heterocycles. The summed E-state index contributed by atoms with van der Waals surface area (Å²) in [5, 5.41) is 5.91. The molecule has 3 N–H and O–H groups in total. The van der Waals surface area contributed by atoms with Crippen LogP contribution in [0.25, 0.3) is 0 Å². The Bertz CT molecular complexity index is 836. The highest BCUT2D eigenvalue weighted by Gasteiger charge is 2.24. The number of hydrogen-bond donors (Lipinski definition) is 3. The van der Waals surface area contributed by atoms with Gasteiger partial charge in [-0.3, -0.25) is 14.2 Å². The molecule has 0 aliphatic rings. The molecule has 0 aromatic carbocycles. The molecule has 8 nitrogen and oxygen atoms in total. The van der Waals surface area contributed by atoms with Crippen molar-refractivity contribution in [3.05, 3.63) is 0 Å². The molecule has 0 rings (SSSR count). The molecular formula is C41H85N3O5P+. The first kappa shape index (κ1) is 49.0. The van der Waals surface area contributed by atoms with E-state index >= 15 is 0 Å². The van der Waals surface area contributed by atoms with Gasteiger partial charge in [0, 0.05) is 25.8 Å². The minimum atomic E-state index is -3.79. The van der Waals surface area contributed by atoms with Gasteiger partial charge in [-0.05, 0) is 12.8 Å². The van der Waals surface area contributed by atoms with E-state index in [2.05, 4.69) is 24.5 Å². The third-order valence-corrected chi connectivity index (χ3v) is 11.1. The smallest absolute Gasteiger partial charge is 0.328 e. The Labute approximate surface area is 310 Å². The zero-order chi connectivity index (χ0) is 37.2. The lowest BCUT2D eigenvalue weighted by Crippen LogP contribution is -2.46. The summed E-state index contributed by atoms with van der Waals surface area (Å²) >= 11 is 0. The molecule has 0 heterocycles. The minimum absolute atomic E-state index is 0.0426. The van der Waals surface area contributed by atoms with Crippen LogP contribution in [0, 0.1) is 0 Å². The Morgan fingerprint density at radius 2 is 0.940 bits per heavy atom. The van der Waals surface area contributed by atoms with Crippen LogP contribution in [0.3, 0.4) is 0 Å². The Kier molecular flexibility index (Phi) is 33.2.